The molecule has 2 fully saturated rings. The maximum atomic E-state index is 12.9. The minimum Gasteiger partial charge on any atom is -0.497 e. The molecule has 1 aliphatic carbocycles. The first kappa shape index (κ1) is 17.1. The standard InChI is InChI=1S/C17H23NO5S/c1-22-15-6-3-12(16(10-15)23-2)9-17(19)18(13-4-5-13)14-7-8-24(20,21)11-14/h3,6,10,13-14H,4-5,7-9,11H2,1-2H3. The fourth-order valence-electron chi connectivity index (χ4n) is 3.31. The molecule has 1 saturated carbocycles. The summed E-state index contributed by atoms with van der Waals surface area (Å²) in [5.74, 6) is 1.53. The van der Waals surface area contributed by atoms with Gasteiger partial charge in [-0.25, -0.2) is 8.42 Å². The SMILES string of the molecule is COc1ccc(CC(=O)N(C2CC2)C2CCS(=O)(=O)C2)c(OC)c1. The molecule has 1 aromatic carbocycles. The lowest BCUT2D eigenvalue weighted by atomic mass is 10.1. The first-order chi connectivity index (χ1) is 11.4. The summed E-state index contributed by atoms with van der Waals surface area (Å²) >= 11 is 0. The normalized spacial score (nSPS) is 22.2. The van der Waals surface area contributed by atoms with E-state index in [1.165, 1.54) is 0 Å². The third-order valence-electron chi connectivity index (χ3n) is 4.67. The van der Waals surface area contributed by atoms with Gasteiger partial charge in [0.05, 0.1) is 32.1 Å². The van der Waals surface area contributed by atoms with Gasteiger partial charge in [-0.3, -0.25) is 4.79 Å². The van der Waals surface area contributed by atoms with E-state index in [4.69, 9.17) is 9.47 Å². The molecule has 1 heterocycles. The molecule has 132 valence electrons. The van der Waals surface area contributed by atoms with E-state index in [1.54, 1.807) is 26.4 Å². The average molecular weight is 353 g/mol. The lowest BCUT2D eigenvalue weighted by Gasteiger charge is -2.28. The van der Waals surface area contributed by atoms with Gasteiger partial charge in [0.1, 0.15) is 11.5 Å². The Bertz CT molecular complexity index is 726. The summed E-state index contributed by atoms with van der Waals surface area (Å²) < 4.78 is 34.1. The van der Waals surface area contributed by atoms with Gasteiger partial charge in [-0.2, -0.15) is 0 Å². The molecule has 0 radical (unpaired) electrons. The van der Waals surface area contributed by atoms with Gasteiger partial charge in [-0.1, -0.05) is 6.07 Å². The Morgan fingerprint density at radius 2 is 1.92 bits per heavy atom. The van der Waals surface area contributed by atoms with E-state index in [9.17, 15) is 13.2 Å². The molecule has 1 aromatic rings. The van der Waals surface area contributed by atoms with Crippen LogP contribution in [0.2, 0.25) is 0 Å². The number of amides is 1. The molecule has 1 aliphatic heterocycles. The highest BCUT2D eigenvalue weighted by atomic mass is 32.2. The molecule has 6 nitrogen and oxygen atoms in total. The molecule has 0 bridgehead atoms. The number of hydrogen-bond acceptors (Lipinski definition) is 5. The minimum atomic E-state index is -3.01. The third-order valence-corrected chi connectivity index (χ3v) is 6.42. The Hall–Kier alpha value is -1.76. The van der Waals surface area contributed by atoms with Crippen molar-refractivity contribution in [1.82, 2.24) is 4.90 Å². The van der Waals surface area contributed by atoms with Gasteiger partial charge >= 0.3 is 0 Å². The summed E-state index contributed by atoms with van der Waals surface area (Å²) in [6, 6.07) is 5.39. The van der Waals surface area contributed by atoms with Crippen molar-refractivity contribution in [3.05, 3.63) is 23.8 Å². The van der Waals surface area contributed by atoms with Crippen LogP contribution in [0.4, 0.5) is 0 Å². The van der Waals surface area contributed by atoms with E-state index in [0.29, 0.717) is 17.9 Å². The number of sulfone groups is 1. The number of nitrogens with zero attached hydrogens (tertiary/aromatic N) is 1. The minimum absolute atomic E-state index is 0.0249. The van der Waals surface area contributed by atoms with Crippen LogP contribution in [0.25, 0.3) is 0 Å². The Morgan fingerprint density at radius 1 is 1.17 bits per heavy atom. The molecule has 1 unspecified atom stereocenters. The van der Waals surface area contributed by atoms with Gasteiger partial charge < -0.3 is 14.4 Å². The Balaban J connectivity index is 1.77. The maximum absolute atomic E-state index is 12.9. The summed E-state index contributed by atoms with van der Waals surface area (Å²) in [7, 11) is 0.129. The fourth-order valence-corrected chi connectivity index (χ4v) is 5.02. The zero-order valence-corrected chi connectivity index (χ0v) is 14.8. The Morgan fingerprint density at radius 3 is 2.46 bits per heavy atom. The van der Waals surface area contributed by atoms with E-state index in [1.807, 2.05) is 11.0 Å². The second kappa shape index (κ2) is 6.63. The fraction of sp³-hybridized carbons (Fsp3) is 0.588. The quantitative estimate of drug-likeness (QED) is 0.773. The number of carbonyl (C=O) groups excluding carboxylic acids is 1. The largest absolute Gasteiger partial charge is 0.497 e. The van der Waals surface area contributed by atoms with Crippen LogP contribution in [0.3, 0.4) is 0 Å². The molecular formula is C17H23NO5S. The van der Waals surface area contributed by atoms with E-state index >= 15 is 0 Å². The van der Waals surface area contributed by atoms with Crippen LogP contribution < -0.4 is 9.47 Å². The van der Waals surface area contributed by atoms with Crippen LogP contribution in [0.5, 0.6) is 11.5 Å². The van der Waals surface area contributed by atoms with Crippen LogP contribution in [-0.4, -0.2) is 57.0 Å². The zero-order valence-electron chi connectivity index (χ0n) is 14.0. The average Bonchev–Trinajstić information content (AvgIpc) is 3.31. The summed E-state index contributed by atoms with van der Waals surface area (Å²) in [5, 5.41) is 0. The van der Waals surface area contributed by atoms with Crippen molar-refractivity contribution in [2.45, 2.75) is 37.8 Å². The highest BCUT2D eigenvalue weighted by molar-refractivity contribution is 7.91. The van der Waals surface area contributed by atoms with Crippen molar-refractivity contribution in [3.8, 4) is 11.5 Å². The molecule has 1 amide bonds. The molecule has 24 heavy (non-hydrogen) atoms. The number of carbonyl (C=O) groups is 1. The van der Waals surface area contributed by atoms with Gasteiger partial charge in [0.2, 0.25) is 5.91 Å². The number of rotatable bonds is 6. The van der Waals surface area contributed by atoms with Gasteiger partial charge in [-0.05, 0) is 25.3 Å². The molecule has 0 spiro atoms. The first-order valence-electron chi connectivity index (χ1n) is 8.16. The summed E-state index contributed by atoms with van der Waals surface area (Å²) in [6.45, 7) is 0. The van der Waals surface area contributed by atoms with Gasteiger partial charge in [0.15, 0.2) is 9.84 Å². The lowest BCUT2D eigenvalue weighted by molar-refractivity contribution is -0.133. The van der Waals surface area contributed by atoms with Crippen molar-refractivity contribution < 1.29 is 22.7 Å². The van der Waals surface area contributed by atoms with Crippen molar-refractivity contribution >= 4 is 15.7 Å². The molecule has 7 heteroatoms. The topological polar surface area (TPSA) is 72.9 Å². The predicted octanol–water partition coefficient (Wildman–Crippen LogP) is 1.42. The van der Waals surface area contributed by atoms with E-state index in [2.05, 4.69) is 0 Å². The van der Waals surface area contributed by atoms with E-state index in [-0.39, 0.29) is 35.9 Å². The molecule has 1 saturated heterocycles. The van der Waals surface area contributed by atoms with Crippen molar-refractivity contribution in [2.75, 3.05) is 25.7 Å². The Kier molecular flexibility index (Phi) is 4.71. The zero-order chi connectivity index (χ0) is 17.3. The third kappa shape index (κ3) is 3.66. The Labute approximate surface area is 142 Å². The number of benzene rings is 1. The van der Waals surface area contributed by atoms with E-state index in [0.717, 1.165) is 18.4 Å². The molecule has 0 N–H and O–H groups in total. The summed E-state index contributed by atoms with van der Waals surface area (Å²) in [6.07, 6.45) is 2.68. The highest BCUT2D eigenvalue weighted by Crippen LogP contribution is 2.33. The summed E-state index contributed by atoms with van der Waals surface area (Å²) in [5.41, 5.74) is 0.787. The van der Waals surface area contributed by atoms with E-state index < -0.39 is 9.84 Å². The van der Waals surface area contributed by atoms with Crippen LogP contribution >= 0.6 is 0 Å². The van der Waals surface area contributed by atoms with Gasteiger partial charge in [0, 0.05) is 23.7 Å². The van der Waals surface area contributed by atoms with Gasteiger partial charge in [-0.15, -0.1) is 0 Å². The molecule has 0 aromatic heterocycles. The smallest absolute Gasteiger partial charge is 0.227 e. The maximum Gasteiger partial charge on any atom is 0.227 e. The number of methoxy groups -OCH3 is 2. The van der Waals surface area contributed by atoms with Crippen LogP contribution in [0.15, 0.2) is 18.2 Å². The molecule has 2 aliphatic rings. The van der Waals surface area contributed by atoms with Crippen molar-refractivity contribution in [2.24, 2.45) is 0 Å². The van der Waals surface area contributed by atoms with Crippen LogP contribution in [-0.2, 0) is 21.1 Å². The second-order valence-corrected chi connectivity index (χ2v) is 8.67. The molecule has 3 rings (SSSR count). The second-order valence-electron chi connectivity index (χ2n) is 6.44. The highest BCUT2D eigenvalue weighted by Gasteiger charge is 2.42. The molecular weight excluding hydrogens is 330 g/mol. The van der Waals surface area contributed by atoms with Crippen molar-refractivity contribution in [3.63, 3.8) is 0 Å². The van der Waals surface area contributed by atoms with Gasteiger partial charge in [0.25, 0.3) is 0 Å². The monoisotopic (exact) mass is 353 g/mol. The van der Waals surface area contributed by atoms with Crippen LogP contribution in [0.1, 0.15) is 24.8 Å². The summed E-state index contributed by atoms with van der Waals surface area (Å²) in [4.78, 5) is 14.7. The van der Waals surface area contributed by atoms with Crippen molar-refractivity contribution in [1.29, 1.82) is 0 Å². The lowest BCUT2D eigenvalue weighted by Crippen LogP contribution is -2.43. The molecule has 1 atom stereocenters. The number of ether oxygens (including phenoxy) is 2. The predicted molar refractivity (Wildman–Crippen MR) is 90.2 cm³/mol. The first-order valence-corrected chi connectivity index (χ1v) is 9.98. The van der Waals surface area contributed by atoms with Crippen LogP contribution in [0, 0.1) is 0 Å². The number of hydrogen-bond donors (Lipinski definition) is 0.